The maximum Gasteiger partial charge on any atom is 0.410 e. The number of carbonyl (C=O) groups is 2. The second kappa shape index (κ2) is 12.2. The zero-order valence-corrected chi connectivity index (χ0v) is 22.3. The Morgan fingerprint density at radius 2 is 2.05 bits per heavy atom. The van der Waals surface area contributed by atoms with Crippen LogP contribution >= 0.6 is 0 Å². The minimum Gasteiger partial charge on any atom is -0.444 e. The second-order valence-corrected chi connectivity index (χ2v) is 9.68. The van der Waals surface area contributed by atoms with Gasteiger partial charge in [0.25, 0.3) is 0 Å². The lowest BCUT2D eigenvalue weighted by Gasteiger charge is -2.28. The van der Waals surface area contributed by atoms with Crippen molar-refractivity contribution in [3.05, 3.63) is 41.1 Å². The number of hydrogen-bond donors (Lipinski definition) is 3. The summed E-state index contributed by atoms with van der Waals surface area (Å²) < 4.78 is 5.31. The van der Waals surface area contributed by atoms with Crippen LogP contribution in [0.3, 0.4) is 0 Å². The smallest absolute Gasteiger partial charge is 0.410 e. The molecule has 0 fully saturated rings. The number of likely N-dealkylation sites (N-methyl/N-ethyl adjacent to an activating group) is 1. The number of nitrogens with one attached hydrogen (secondary N) is 3. The van der Waals surface area contributed by atoms with Crippen LogP contribution in [-0.4, -0.2) is 65.4 Å². The number of fused-ring (bicyclic) bond motifs is 1. The number of aromatic nitrogens is 2. The molecule has 1 aliphatic heterocycles. The van der Waals surface area contributed by atoms with Crippen molar-refractivity contribution in [3.63, 3.8) is 0 Å². The minimum absolute atomic E-state index is 0.245. The Hall–Kier alpha value is -4.13. The minimum atomic E-state index is -0.645. The highest BCUT2D eigenvalue weighted by atomic mass is 16.6. The van der Waals surface area contributed by atoms with E-state index >= 15 is 0 Å². The van der Waals surface area contributed by atoms with Crippen LogP contribution < -0.4 is 16.0 Å². The van der Waals surface area contributed by atoms with Crippen LogP contribution in [0.2, 0.25) is 0 Å². The number of anilines is 3. The van der Waals surface area contributed by atoms with Gasteiger partial charge >= 0.3 is 6.09 Å². The van der Waals surface area contributed by atoms with Crippen molar-refractivity contribution in [1.29, 1.82) is 0 Å². The summed E-state index contributed by atoms with van der Waals surface area (Å²) in [6.45, 7) is 8.19. The molecule has 10 heteroatoms. The Balaban J connectivity index is 1.47. The number of hydrogen-bond acceptors (Lipinski definition) is 8. The van der Waals surface area contributed by atoms with Gasteiger partial charge in [-0.2, -0.15) is 4.98 Å². The highest BCUT2D eigenvalue weighted by molar-refractivity contribution is 5.86. The molecule has 0 bridgehead atoms. The first kappa shape index (κ1) is 27.5. The molecule has 0 radical (unpaired) electrons. The van der Waals surface area contributed by atoms with Crippen LogP contribution in [0.5, 0.6) is 0 Å². The Kier molecular flexibility index (Phi) is 9.06. The van der Waals surface area contributed by atoms with Gasteiger partial charge in [0.2, 0.25) is 11.9 Å². The van der Waals surface area contributed by atoms with Crippen molar-refractivity contribution >= 4 is 35.7 Å². The number of benzene rings is 1. The van der Waals surface area contributed by atoms with Crippen molar-refractivity contribution < 1.29 is 14.3 Å². The van der Waals surface area contributed by atoms with Gasteiger partial charge in [-0.1, -0.05) is 17.9 Å². The third kappa shape index (κ3) is 7.93. The summed E-state index contributed by atoms with van der Waals surface area (Å²) in [5, 5.41) is 9.12. The normalized spacial score (nSPS) is 12.6. The maximum absolute atomic E-state index is 12.4. The van der Waals surface area contributed by atoms with E-state index in [1.165, 1.54) is 10.5 Å². The molecule has 1 atom stereocenters. The average molecular weight is 506 g/mol. The van der Waals surface area contributed by atoms with Crippen LogP contribution in [-0.2, 0) is 16.1 Å². The first-order valence-corrected chi connectivity index (χ1v) is 12.2. The highest BCUT2D eigenvalue weighted by Crippen LogP contribution is 2.22. The lowest BCUT2D eigenvalue weighted by Crippen LogP contribution is -2.47. The lowest BCUT2D eigenvalue weighted by molar-refractivity contribution is -0.125. The summed E-state index contributed by atoms with van der Waals surface area (Å²) in [7, 11) is 3.33. The molecule has 0 aliphatic carbocycles. The van der Waals surface area contributed by atoms with Gasteiger partial charge in [0.1, 0.15) is 17.5 Å². The molecule has 0 saturated carbocycles. The molecule has 0 unspecified atom stereocenters. The number of aliphatic imine (C=N–C) groups is 1. The molecule has 2 heterocycles. The summed E-state index contributed by atoms with van der Waals surface area (Å²) in [5.74, 6) is 7.04. The fourth-order valence-electron chi connectivity index (χ4n) is 3.39. The first-order valence-electron chi connectivity index (χ1n) is 12.2. The number of amides is 2. The summed E-state index contributed by atoms with van der Waals surface area (Å²) in [5.41, 5.74) is 3.26. The molecule has 37 heavy (non-hydrogen) atoms. The predicted octanol–water partition coefficient (Wildman–Crippen LogP) is 3.70. The molecular weight excluding hydrogens is 470 g/mol. The molecule has 3 rings (SSSR count). The van der Waals surface area contributed by atoms with Gasteiger partial charge in [0.15, 0.2) is 0 Å². The number of nitrogens with zero attached hydrogens (tertiary/aromatic N) is 4. The van der Waals surface area contributed by atoms with Gasteiger partial charge in [-0.05, 0) is 57.4 Å². The Bertz CT molecular complexity index is 1220. The second-order valence-electron chi connectivity index (χ2n) is 9.68. The Labute approximate surface area is 218 Å². The summed E-state index contributed by atoms with van der Waals surface area (Å²) >= 11 is 0. The fraction of sp³-hybridized carbons (Fsp3) is 0.444. The van der Waals surface area contributed by atoms with Crippen molar-refractivity contribution in [2.24, 2.45) is 4.99 Å². The molecule has 1 aromatic carbocycles. The van der Waals surface area contributed by atoms with Crippen molar-refractivity contribution in [1.82, 2.24) is 20.2 Å². The van der Waals surface area contributed by atoms with E-state index in [0.29, 0.717) is 36.7 Å². The van der Waals surface area contributed by atoms with E-state index in [4.69, 9.17) is 4.74 Å². The topological polar surface area (TPSA) is 121 Å². The molecule has 1 aromatic heterocycles. The summed E-state index contributed by atoms with van der Waals surface area (Å²) in [4.78, 5) is 39.0. The largest absolute Gasteiger partial charge is 0.444 e. The van der Waals surface area contributed by atoms with Gasteiger partial charge in [-0.15, -0.1) is 0 Å². The molecule has 0 saturated heterocycles. The van der Waals surface area contributed by atoms with E-state index in [1.54, 1.807) is 48.0 Å². The number of ether oxygens (including phenoxy) is 1. The molecule has 1 aliphatic rings. The van der Waals surface area contributed by atoms with Gasteiger partial charge in [0, 0.05) is 39.0 Å². The van der Waals surface area contributed by atoms with Crippen LogP contribution in [0, 0.1) is 11.8 Å². The van der Waals surface area contributed by atoms with Crippen LogP contribution in [0.1, 0.15) is 57.2 Å². The van der Waals surface area contributed by atoms with E-state index in [-0.39, 0.29) is 5.91 Å². The van der Waals surface area contributed by atoms with Gasteiger partial charge < -0.3 is 20.7 Å². The van der Waals surface area contributed by atoms with E-state index in [9.17, 15) is 9.59 Å². The molecule has 2 aromatic rings. The van der Waals surface area contributed by atoms with E-state index in [1.807, 2.05) is 24.4 Å². The van der Waals surface area contributed by atoms with Crippen molar-refractivity contribution in [3.8, 4) is 11.8 Å². The molecule has 10 nitrogen and oxygen atoms in total. The van der Waals surface area contributed by atoms with E-state index in [0.717, 1.165) is 17.8 Å². The van der Waals surface area contributed by atoms with Gasteiger partial charge in [-0.25, -0.2) is 9.78 Å². The van der Waals surface area contributed by atoms with Crippen LogP contribution in [0.4, 0.5) is 22.2 Å². The molecule has 196 valence electrons. The molecule has 2 amide bonds. The van der Waals surface area contributed by atoms with Gasteiger partial charge in [-0.3, -0.25) is 14.7 Å². The number of rotatable bonds is 8. The number of carbonyl (C=O) groups excluding carboxylic acids is 2. The standard InChI is InChI=1S/C27H35N7O3/c1-18(34(6)26(36)37-27(2,3)4)24(35)30-13-9-7-8-10-20-17-31-25(33-23(20)28-5)32-22-12-11-19-15-29-16-21(19)14-22/h11-12,14,16-18H,7,9,13,15H2,1-6H3,(H,30,35)(H2,28,31,32,33)/t18-/m0/s1. The average Bonchev–Trinajstić information content (AvgIpc) is 3.32. The lowest BCUT2D eigenvalue weighted by atomic mass is 10.1. The summed E-state index contributed by atoms with van der Waals surface area (Å²) in [6.07, 6.45) is 4.26. The zero-order chi connectivity index (χ0) is 27.0. The Morgan fingerprint density at radius 1 is 1.27 bits per heavy atom. The Morgan fingerprint density at radius 3 is 2.78 bits per heavy atom. The SMILES string of the molecule is CNc1nc(Nc2ccc3c(c2)C=NC3)ncc1C#CCCCNC(=O)[C@H](C)N(C)C(=O)OC(C)(C)C. The summed E-state index contributed by atoms with van der Waals surface area (Å²) in [6, 6.07) is 5.41. The van der Waals surface area contributed by atoms with E-state index < -0.39 is 17.7 Å². The van der Waals surface area contributed by atoms with E-state index in [2.05, 4.69) is 42.8 Å². The quantitative estimate of drug-likeness (QED) is 0.369. The van der Waals surface area contributed by atoms with Crippen molar-refractivity contribution in [2.45, 2.75) is 58.7 Å². The van der Waals surface area contributed by atoms with Crippen molar-refractivity contribution in [2.75, 3.05) is 31.3 Å². The molecule has 3 N–H and O–H groups in total. The monoisotopic (exact) mass is 505 g/mol. The number of unbranched alkanes of at least 4 members (excludes halogenated alkanes) is 1. The third-order valence-electron chi connectivity index (χ3n) is 5.56. The highest BCUT2D eigenvalue weighted by Gasteiger charge is 2.26. The maximum atomic E-state index is 12.4. The van der Waals surface area contributed by atoms with Gasteiger partial charge in [0.05, 0.1) is 18.3 Å². The zero-order valence-electron chi connectivity index (χ0n) is 22.3. The third-order valence-corrected chi connectivity index (χ3v) is 5.56. The van der Waals surface area contributed by atoms with Crippen LogP contribution in [0.15, 0.2) is 29.4 Å². The van der Waals surface area contributed by atoms with Crippen LogP contribution in [0.25, 0.3) is 0 Å². The molecular formula is C27H35N7O3. The first-order chi connectivity index (χ1) is 17.6. The molecule has 0 spiro atoms. The fourth-order valence-corrected chi connectivity index (χ4v) is 3.39. The predicted molar refractivity (Wildman–Crippen MR) is 145 cm³/mol.